The van der Waals surface area contributed by atoms with Gasteiger partial charge in [0, 0.05) is 11.6 Å². The van der Waals surface area contributed by atoms with E-state index in [9.17, 15) is 4.79 Å². The maximum atomic E-state index is 12.2. The molecule has 0 heterocycles. The van der Waals surface area contributed by atoms with E-state index in [2.05, 4.69) is 10.5 Å². The molecule has 0 saturated carbocycles. The van der Waals surface area contributed by atoms with E-state index in [1.54, 1.807) is 51.5 Å². The van der Waals surface area contributed by atoms with Crippen LogP contribution in [0.3, 0.4) is 0 Å². The lowest BCUT2D eigenvalue weighted by Gasteiger charge is -2.14. The Bertz CT molecular complexity index is 792. The molecule has 7 nitrogen and oxygen atoms in total. The second kappa shape index (κ2) is 10.1. The summed E-state index contributed by atoms with van der Waals surface area (Å²) in [5, 5.41) is 3.99. The normalized spacial score (nSPS) is 11.7. The number of hydrogen-bond donors (Lipinski definition) is 1. The van der Waals surface area contributed by atoms with Crippen molar-refractivity contribution < 1.29 is 23.7 Å². The summed E-state index contributed by atoms with van der Waals surface area (Å²) in [6.45, 7) is 4.01. The lowest BCUT2D eigenvalue weighted by Crippen LogP contribution is -2.33. The Morgan fingerprint density at radius 1 is 1.15 bits per heavy atom. The Morgan fingerprint density at radius 3 is 2.59 bits per heavy atom. The summed E-state index contributed by atoms with van der Waals surface area (Å²) in [7, 11) is 3.14. The van der Waals surface area contributed by atoms with Gasteiger partial charge >= 0.3 is 0 Å². The van der Waals surface area contributed by atoms with Gasteiger partial charge in [-0.25, -0.2) is 5.43 Å². The molecule has 0 radical (unpaired) electrons. The minimum atomic E-state index is -0.731. The van der Waals surface area contributed by atoms with E-state index in [4.69, 9.17) is 18.9 Å². The second-order valence-corrected chi connectivity index (χ2v) is 5.48. The highest BCUT2D eigenvalue weighted by Gasteiger charge is 2.14. The molecule has 1 unspecified atom stereocenters. The first-order valence-corrected chi connectivity index (χ1v) is 8.52. The smallest absolute Gasteiger partial charge is 0.280 e. The van der Waals surface area contributed by atoms with Crippen LogP contribution in [0.1, 0.15) is 19.4 Å². The number of ether oxygens (including phenoxy) is 4. The van der Waals surface area contributed by atoms with Gasteiger partial charge in [0.05, 0.1) is 27.0 Å². The average Bonchev–Trinajstić information content (AvgIpc) is 2.69. The van der Waals surface area contributed by atoms with Crippen molar-refractivity contribution >= 4 is 12.1 Å². The van der Waals surface area contributed by atoms with Gasteiger partial charge in [-0.3, -0.25) is 4.79 Å². The Hall–Kier alpha value is -3.22. The van der Waals surface area contributed by atoms with Crippen molar-refractivity contribution in [2.75, 3.05) is 20.8 Å². The van der Waals surface area contributed by atoms with E-state index in [0.29, 0.717) is 35.2 Å². The monoisotopic (exact) mass is 372 g/mol. The third-order valence-electron chi connectivity index (χ3n) is 3.62. The zero-order valence-electron chi connectivity index (χ0n) is 15.9. The van der Waals surface area contributed by atoms with Gasteiger partial charge in [0.15, 0.2) is 17.6 Å². The molecule has 0 bridgehead atoms. The van der Waals surface area contributed by atoms with Crippen LogP contribution in [-0.4, -0.2) is 39.1 Å². The molecule has 1 atom stereocenters. The lowest BCUT2D eigenvalue weighted by atomic mass is 10.2. The van der Waals surface area contributed by atoms with Crippen molar-refractivity contribution in [2.45, 2.75) is 20.0 Å². The van der Waals surface area contributed by atoms with Gasteiger partial charge < -0.3 is 18.9 Å². The number of nitrogens with zero attached hydrogens (tertiary/aromatic N) is 1. The van der Waals surface area contributed by atoms with Gasteiger partial charge in [0.1, 0.15) is 11.5 Å². The molecule has 0 aliphatic carbocycles. The molecule has 0 fully saturated rings. The summed E-state index contributed by atoms with van der Waals surface area (Å²) < 4.78 is 21.6. The second-order valence-electron chi connectivity index (χ2n) is 5.48. The first-order chi connectivity index (χ1) is 13.1. The topological polar surface area (TPSA) is 78.4 Å². The number of benzene rings is 2. The van der Waals surface area contributed by atoms with Gasteiger partial charge in [0.25, 0.3) is 5.91 Å². The summed E-state index contributed by atoms with van der Waals surface area (Å²) in [5.74, 6) is 1.98. The third-order valence-corrected chi connectivity index (χ3v) is 3.62. The SMILES string of the molecule is CCOc1c(/C=N/NC(=O)C(C)Oc2cccc(OC)c2)cccc1OC. The van der Waals surface area contributed by atoms with E-state index in [0.717, 1.165) is 0 Å². The highest BCUT2D eigenvalue weighted by Crippen LogP contribution is 2.29. The number of hydrazone groups is 1. The predicted molar refractivity (Wildman–Crippen MR) is 103 cm³/mol. The zero-order chi connectivity index (χ0) is 19.6. The highest BCUT2D eigenvalue weighted by molar-refractivity contribution is 5.87. The van der Waals surface area contributed by atoms with Crippen LogP contribution in [0.5, 0.6) is 23.0 Å². The quantitative estimate of drug-likeness (QED) is 0.541. The van der Waals surface area contributed by atoms with Crippen LogP contribution >= 0.6 is 0 Å². The first-order valence-electron chi connectivity index (χ1n) is 8.52. The summed E-state index contributed by atoms with van der Waals surface area (Å²) in [6.07, 6.45) is 0.773. The zero-order valence-corrected chi connectivity index (χ0v) is 15.9. The van der Waals surface area contributed by atoms with Gasteiger partial charge in [0.2, 0.25) is 0 Å². The first kappa shape index (κ1) is 20.1. The minimum absolute atomic E-state index is 0.380. The van der Waals surface area contributed by atoms with Crippen LogP contribution in [0.4, 0.5) is 0 Å². The largest absolute Gasteiger partial charge is 0.497 e. The molecular weight excluding hydrogens is 348 g/mol. The molecule has 0 aliphatic rings. The van der Waals surface area contributed by atoms with Crippen LogP contribution in [0.2, 0.25) is 0 Å². The molecule has 1 amide bonds. The molecule has 144 valence electrons. The van der Waals surface area contributed by atoms with E-state index in [-0.39, 0.29) is 5.91 Å². The van der Waals surface area contributed by atoms with Crippen molar-refractivity contribution in [1.29, 1.82) is 0 Å². The van der Waals surface area contributed by atoms with E-state index in [1.165, 1.54) is 6.21 Å². The van der Waals surface area contributed by atoms with E-state index >= 15 is 0 Å². The number of carbonyl (C=O) groups is 1. The fourth-order valence-electron chi connectivity index (χ4n) is 2.28. The van der Waals surface area contributed by atoms with Crippen molar-refractivity contribution in [2.24, 2.45) is 5.10 Å². The molecule has 0 saturated heterocycles. The van der Waals surface area contributed by atoms with Gasteiger partial charge in [-0.15, -0.1) is 0 Å². The van der Waals surface area contributed by atoms with Crippen molar-refractivity contribution in [3.05, 3.63) is 48.0 Å². The number of rotatable bonds is 9. The molecule has 1 N–H and O–H groups in total. The van der Waals surface area contributed by atoms with Crippen LogP contribution < -0.4 is 24.4 Å². The lowest BCUT2D eigenvalue weighted by molar-refractivity contribution is -0.127. The number of amides is 1. The van der Waals surface area contributed by atoms with E-state index < -0.39 is 6.10 Å². The summed E-state index contributed by atoms with van der Waals surface area (Å²) in [5.41, 5.74) is 3.16. The molecule has 27 heavy (non-hydrogen) atoms. The molecule has 7 heteroatoms. The molecular formula is C20H24N2O5. The molecule has 0 spiro atoms. The predicted octanol–water partition coefficient (Wildman–Crippen LogP) is 3.02. The summed E-state index contributed by atoms with van der Waals surface area (Å²) in [6, 6.07) is 12.5. The number of nitrogens with one attached hydrogen (secondary N) is 1. The standard InChI is InChI=1S/C20H24N2O5/c1-5-26-19-15(8-6-11-18(19)25-4)13-21-22-20(23)14(2)27-17-10-7-9-16(12-17)24-3/h6-14H,5H2,1-4H3,(H,22,23)/b21-13+. The fourth-order valence-corrected chi connectivity index (χ4v) is 2.28. The Labute approximate surface area is 158 Å². The van der Waals surface area contributed by atoms with Crippen molar-refractivity contribution in [3.8, 4) is 23.0 Å². The number of para-hydroxylation sites is 1. The van der Waals surface area contributed by atoms with Crippen LogP contribution in [0.25, 0.3) is 0 Å². The Balaban J connectivity index is 2.00. The van der Waals surface area contributed by atoms with Crippen molar-refractivity contribution in [1.82, 2.24) is 5.43 Å². The summed E-state index contributed by atoms with van der Waals surface area (Å²) in [4.78, 5) is 12.2. The number of hydrogen-bond acceptors (Lipinski definition) is 6. The Morgan fingerprint density at radius 2 is 1.89 bits per heavy atom. The molecule has 0 aliphatic heterocycles. The number of methoxy groups -OCH3 is 2. The summed E-state index contributed by atoms with van der Waals surface area (Å²) >= 11 is 0. The molecule has 2 aromatic rings. The molecule has 2 aromatic carbocycles. The molecule has 2 rings (SSSR count). The maximum Gasteiger partial charge on any atom is 0.280 e. The van der Waals surface area contributed by atoms with Gasteiger partial charge in [-0.2, -0.15) is 5.10 Å². The average molecular weight is 372 g/mol. The fraction of sp³-hybridized carbons (Fsp3) is 0.300. The Kier molecular flexibility index (Phi) is 7.49. The minimum Gasteiger partial charge on any atom is -0.497 e. The highest BCUT2D eigenvalue weighted by atomic mass is 16.5. The number of carbonyl (C=O) groups excluding carboxylic acids is 1. The van der Waals surface area contributed by atoms with Crippen LogP contribution in [0.15, 0.2) is 47.6 Å². The van der Waals surface area contributed by atoms with Gasteiger partial charge in [-0.05, 0) is 38.1 Å². The van der Waals surface area contributed by atoms with Crippen LogP contribution in [0, 0.1) is 0 Å². The van der Waals surface area contributed by atoms with Gasteiger partial charge in [-0.1, -0.05) is 12.1 Å². The maximum absolute atomic E-state index is 12.2. The molecule has 0 aromatic heterocycles. The third kappa shape index (κ3) is 5.64. The van der Waals surface area contributed by atoms with Crippen LogP contribution in [-0.2, 0) is 4.79 Å². The van der Waals surface area contributed by atoms with Crippen molar-refractivity contribution in [3.63, 3.8) is 0 Å². The van der Waals surface area contributed by atoms with E-state index in [1.807, 2.05) is 19.1 Å².